The van der Waals surface area contributed by atoms with Gasteiger partial charge in [0, 0.05) is 45.3 Å². The van der Waals surface area contributed by atoms with E-state index < -0.39 is 0 Å². The summed E-state index contributed by atoms with van der Waals surface area (Å²) in [6, 6.07) is 11.0. The lowest BCUT2D eigenvalue weighted by Crippen LogP contribution is -2.52. The van der Waals surface area contributed by atoms with Crippen LogP contribution in [0.1, 0.15) is 31.2 Å². The van der Waals surface area contributed by atoms with E-state index in [9.17, 15) is 4.79 Å². The number of carbonyl (C=O) groups excluding carboxylic acids is 1. The minimum Gasteiger partial charge on any atom is -0.340 e. The van der Waals surface area contributed by atoms with E-state index in [1.165, 1.54) is 12.0 Å². The summed E-state index contributed by atoms with van der Waals surface area (Å²) in [5.74, 6) is 0.382. The fraction of sp³-hybridized carbons (Fsp3) is 0.632. The van der Waals surface area contributed by atoms with E-state index in [1.54, 1.807) is 0 Å². The lowest BCUT2D eigenvalue weighted by atomic mass is 9.63. The fourth-order valence-electron chi connectivity index (χ4n) is 4.49. The van der Waals surface area contributed by atoms with Crippen molar-refractivity contribution in [2.45, 2.75) is 37.1 Å². The molecule has 24 heavy (non-hydrogen) atoms. The molecule has 3 fully saturated rings. The molecule has 1 N–H and O–H groups in total. The molecule has 5 heteroatoms. The van der Waals surface area contributed by atoms with Crippen LogP contribution in [0.4, 0.5) is 0 Å². The van der Waals surface area contributed by atoms with Crippen LogP contribution in [-0.4, -0.2) is 61.0 Å². The van der Waals surface area contributed by atoms with Gasteiger partial charge in [-0.1, -0.05) is 36.8 Å². The Labute approximate surface area is 151 Å². The topological polar surface area (TPSA) is 35.6 Å². The Hall–Kier alpha value is -1.10. The number of benzene rings is 1. The number of halogens is 1. The standard InChI is InChI=1S/C19H27N3O.ClH/c23-18(19(8-4-9-19)16-5-2-1-3-6-16)22-12-7-17(15-22)21-13-10-20-11-14-21;/h1-3,5-6,17,20H,4,7-15H2;1H. The van der Waals surface area contributed by atoms with Gasteiger partial charge in [-0.3, -0.25) is 9.69 Å². The van der Waals surface area contributed by atoms with Gasteiger partial charge in [-0.05, 0) is 24.8 Å². The molecule has 0 bridgehead atoms. The molecule has 1 amide bonds. The maximum Gasteiger partial charge on any atom is 0.233 e. The summed E-state index contributed by atoms with van der Waals surface area (Å²) in [4.78, 5) is 18.0. The van der Waals surface area contributed by atoms with Gasteiger partial charge < -0.3 is 10.2 Å². The highest BCUT2D eigenvalue weighted by molar-refractivity contribution is 5.89. The van der Waals surface area contributed by atoms with Gasteiger partial charge in [0.15, 0.2) is 0 Å². The van der Waals surface area contributed by atoms with Crippen LogP contribution in [0.25, 0.3) is 0 Å². The number of nitrogens with one attached hydrogen (secondary N) is 1. The number of amides is 1. The third-order valence-electron chi connectivity index (χ3n) is 6.06. The lowest BCUT2D eigenvalue weighted by molar-refractivity contribution is -0.140. The molecule has 0 spiro atoms. The van der Waals surface area contributed by atoms with E-state index in [-0.39, 0.29) is 17.8 Å². The maximum absolute atomic E-state index is 13.3. The average molecular weight is 350 g/mol. The van der Waals surface area contributed by atoms with Crippen LogP contribution < -0.4 is 5.32 Å². The second-order valence-electron chi connectivity index (χ2n) is 7.28. The maximum atomic E-state index is 13.3. The van der Waals surface area contributed by atoms with Crippen LogP contribution in [0, 0.1) is 0 Å². The second-order valence-corrected chi connectivity index (χ2v) is 7.28. The summed E-state index contributed by atoms with van der Waals surface area (Å²) in [5, 5.41) is 3.41. The van der Waals surface area contributed by atoms with E-state index >= 15 is 0 Å². The molecule has 4 rings (SSSR count). The normalized spacial score (nSPS) is 26.5. The number of hydrogen-bond donors (Lipinski definition) is 1. The Bertz CT molecular complexity index is 555. The lowest BCUT2D eigenvalue weighted by Gasteiger charge is -2.43. The summed E-state index contributed by atoms with van der Waals surface area (Å²) in [7, 11) is 0. The molecule has 0 aromatic heterocycles. The Morgan fingerprint density at radius 3 is 2.42 bits per heavy atom. The molecule has 132 valence electrons. The van der Waals surface area contributed by atoms with Gasteiger partial charge in [-0.2, -0.15) is 0 Å². The van der Waals surface area contributed by atoms with Crippen molar-refractivity contribution in [2.24, 2.45) is 0 Å². The van der Waals surface area contributed by atoms with Crippen molar-refractivity contribution >= 4 is 18.3 Å². The minimum atomic E-state index is -0.223. The van der Waals surface area contributed by atoms with E-state index in [4.69, 9.17) is 0 Å². The van der Waals surface area contributed by atoms with Crippen LogP contribution in [0.2, 0.25) is 0 Å². The smallest absolute Gasteiger partial charge is 0.233 e. The number of carbonyl (C=O) groups is 1. The average Bonchev–Trinajstić information content (AvgIpc) is 3.06. The van der Waals surface area contributed by atoms with Crippen molar-refractivity contribution in [3.8, 4) is 0 Å². The molecule has 3 aliphatic rings. The van der Waals surface area contributed by atoms with Gasteiger partial charge >= 0.3 is 0 Å². The molecule has 2 aliphatic heterocycles. The van der Waals surface area contributed by atoms with E-state index in [2.05, 4.69) is 39.4 Å². The monoisotopic (exact) mass is 349 g/mol. The quantitative estimate of drug-likeness (QED) is 0.907. The number of hydrogen-bond acceptors (Lipinski definition) is 3. The van der Waals surface area contributed by atoms with Crippen LogP contribution >= 0.6 is 12.4 Å². The summed E-state index contributed by atoms with van der Waals surface area (Å²) in [6.07, 6.45) is 4.35. The zero-order valence-corrected chi connectivity index (χ0v) is 15.1. The number of rotatable bonds is 3. The molecule has 1 aromatic rings. The van der Waals surface area contributed by atoms with Gasteiger partial charge in [-0.25, -0.2) is 0 Å². The molecule has 2 saturated heterocycles. The van der Waals surface area contributed by atoms with Crippen molar-refractivity contribution in [2.75, 3.05) is 39.3 Å². The molecule has 2 heterocycles. The first-order chi connectivity index (χ1) is 11.3. The Morgan fingerprint density at radius 1 is 1.08 bits per heavy atom. The third kappa shape index (κ3) is 3.07. The number of likely N-dealkylation sites (tertiary alicyclic amines) is 1. The van der Waals surface area contributed by atoms with Crippen molar-refractivity contribution < 1.29 is 4.79 Å². The first-order valence-corrected chi connectivity index (χ1v) is 9.09. The van der Waals surface area contributed by atoms with Gasteiger partial charge in [0.05, 0.1) is 5.41 Å². The van der Waals surface area contributed by atoms with Gasteiger partial charge in [0.2, 0.25) is 5.91 Å². The summed E-state index contributed by atoms with van der Waals surface area (Å²) in [5.41, 5.74) is 1.00. The predicted octanol–water partition coefficient (Wildman–Crippen LogP) is 2.04. The zero-order chi connectivity index (χ0) is 15.7. The van der Waals surface area contributed by atoms with Crippen molar-refractivity contribution in [3.05, 3.63) is 35.9 Å². The Kier molecular flexibility index (Phi) is 5.48. The van der Waals surface area contributed by atoms with Crippen molar-refractivity contribution in [1.29, 1.82) is 0 Å². The largest absolute Gasteiger partial charge is 0.340 e. The Morgan fingerprint density at radius 2 is 1.79 bits per heavy atom. The molecule has 1 aromatic carbocycles. The third-order valence-corrected chi connectivity index (χ3v) is 6.06. The summed E-state index contributed by atoms with van der Waals surface area (Å²) < 4.78 is 0. The molecule has 1 atom stereocenters. The van der Waals surface area contributed by atoms with E-state index in [0.29, 0.717) is 11.9 Å². The first-order valence-electron chi connectivity index (χ1n) is 9.09. The molecule has 1 unspecified atom stereocenters. The highest BCUT2D eigenvalue weighted by atomic mass is 35.5. The van der Waals surface area contributed by atoms with Crippen LogP contribution in [-0.2, 0) is 10.2 Å². The second kappa shape index (κ2) is 7.42. The molecule has 1 saturated carbocycles. The van der Waals surface area contributed by atoms with Gasteiger partial charge in [0.25, 0.3) is 0 Å². The molecule has 0 radical (unpaired) electrons. The summed E-state index contributed by atoms with van der Waals surface area (Å²) in [6.45, 7) is 6.26. The van der Waals surface area contributed by atoms with Crippen LogP contribution in [0.5, 0.6) is 0 Å². The molecule has 1 aliphatic carbocycles. The highest BCUT2D eigenvalue weighted by Gasteiger charge is 2.48. The van der Waals surface area contributed by atoms with Crippen LogP contribution in [0.3, 0.4) is 0 Å². The van der Waals surface area contributed by atoms with Gasteiger partial charge in [0.1, 0.15) is 0 Å². The van der Waals surface area contributed by atoms with Crippen molar-refractivity contribution in [3.63, 3.8) is 0 Å². The first kappa shape index (κ1) is 17.7. The number of nitrogens with zero attached hydrogens (tertiary/aromatic N) is 2. The molecular formula is C19H28ClN3O. The number of piperazine rings is 1. The molecular weight excluding hydrogens is 322 g/mol. The van der Waals surface area contributed by atoms with Crippen LogP contribution in [0.15, 0.2) is 30.3 Å². The summed E-state index contributed by atoms with van der Waals surface area (Å²) >= 11 is 0. The predicted molar refractivity (Wildman–Crippen MR) is 98.6 cm³/mol. The van der Waals surface area contributed by atoms with E-state index in [0.717, 1.165) is 58.5 Å². The molecule has 4 nitrogen and oxygen atoms in total. The van der Waals surface area contributed by atoms with Gasteiger partial charge in [-0.15, -0.1) is 12.4 Å². The zero-order valence-electron chi connectivity index (χ0n) is 14.2. The Balaban J connectivity index is 0.00000169. The van der Waals surface area contributed by atoms with Crippen molar-refractivity contribution in [1.82, 2.24) is 15.1 Å². The minimum absolute atomic E-state index is 0. The van der Waals surface area contributed by atoms with E-state index in [1.807, 2.05) is 6.07 Å². The fourth-order valence-corrected chi connectivity index (χ4v) is 4.49. The SMILES string of the molecule is Cl.O=C(N1CCC(N2CCNCC2)C1)C1(c2ccccc2)CCC1. The highest BCUT2D eigenvalue weighted by Crippen LogP contribution is 2.45.